The molecule has 0 aromatic heterocycles. The maximum absolute atomic E-state index is 6.09. The standard InChI is InChI=1S/C16H25NO3/c1-5-17-12-8-9-20-16(2,11-12)14-10-13(18-3)6-7-15(14)19-4/h6-7,10,12,17H,5,8-9,11H2,1-4H3. The van der Waals surface area contributed by atoms with E-state index in [0.717, 1.165) is 43.1 Å². The number of rotatable bonds is 5. The molecule has 0 saturated carbocycles. The minimum absolute atomic E-state index is 0.342. The van der Waals surface area contributed by atoms with Gasteiger partial charge in [-0.15, -0.1) is 0 Å². The molecule has 1 aromatic carbocycles. The topological polar surface area (TPSA) is 39.7 Å². The summed E-state index contributed by atoms with van der Waals surface area (Å²) >= 11 is 0. The third kappa shape index (κ3) is 3.07. The summed E-state index contributed by atoms with van der Waals surface area (Å²) in [6.07, 6.45) is 1.99. The van der Waals surface area contributed by atoms with Crippen LogP contribution in [0, 0.1) is 0 Å². The van der Waals surface area contributed by atoms with Gasteiger partial charge < -0.3 is 19.5 Å². The van der Waals surface area contributed by atoms with Crippen LogP contribution in [0.25, 0.3) is 0 Å². The van der Waals surface area contributed by atoms with Gasteiger partial charge >= 0.3 is 0 Å². The molecule has 1 heterocycles. The Labute approximate surface area is 121 Å². The maximum atomic E-state index is 6.09. The fourth-order valence-electron chi connectivity index (χ4n) is 2.94. The van der Waals surface area contributed by atoms with E-state index in [9.17, 15) is 0 Å². The Morgan fingerprint density at radius 3 is 2.80 bits per heavy atom. The molecule has 1 aromatic rings. The van der Waals surface area contributed by atoms with Crippen LogP contribution in [0.1, 0.15) is 32.3 Å². The molecule has 1 saturated heterocycles. The molecule has 0 aliphatic carbocycles. The van der Waals surface area contributed by atoms with E-state index >= 15 is 0 Å². The molecule has 1 fully saturated rings. The zero-order chi connectivity index (χ0) is 14.6. The molecule has 1 aliphatic heterocycles. The largest absolute Gasteiger partial charge is 0.497 e. The molecule has 2 atom stereocenters. The first-order valence-electron chi connectivity index (χ1n) is 7.22. The quantitative estimate of drug-likeness (QED) is 0.899. The minimum atomic E-state index is -0.342. The minimum Gasteiger partial charge on any atom is -0.497 e. The maximum Gasteiger partial charge on any atom is 0.125 e. The number of hydrogen-bond acceptors (Lipinski definition) is 4. The Balaban J connectivity index is 2.32. The normalized spacial score (nSPS) is 26.3. The Bertz CT molecular complexity index is 447. The van der Waals surface area contributed by atoms with E-state index in [4.69, 9.17) is 14.2 Å². The average Bonchev–Trinajstić information content (AvgIpc) is 2.47. The lowest BCUT2D eigenvalue weighted by atomic mass is 9.85. The van der Waals surface area contributed by atoms with E-state index < -0.39 is 0 Å². The van der Waals surface area contributed by atoms with Crippen LogP contribution in [0.3, 0.4) is 0 Å². The second-order valence-corrected chi connectivity index (χ2v) is 5.39. The molecule has 112 valence electrons. The zero-order valence-electron chi connectivity index (χ0n) is 12.9. The predicted octanol–water partition coefficient (Wildman–Crippen LogP) is 2.71. The molecular weight excluding hydrogens is 254 g/mol. The van der Waals surface area contributed by atoms with Crippen molar-refractivity contribution < 1.29 is 14.2 Å². The molecule has 0 amide bonds. The third-order valence-electron chi connectivity index (χ3n) is 3.99. The van der Waals surface area contributed by atoms with Gasteiger partial charge in [0.1, 0.15) is 11.5 Å². The SMILES string of the molecule is CCNC1CCOC(C)(c2cc(OC)ccc2OC)C1. The van der Waals surface area contributed by atoms with E-state index in [-0.39, 0.29) is 5.60 Å². The zero-order valence-corrected chi connectivity index (χ0v) is 12.9. The van der Waals surface area contributed by atoms with Crippen molar-refractivity contribution >= 4 is 0 Å². The Morgan fingerprint density at radius 1 is 1.35 bits per heavy atom. The van der Waals surface area contributed by atoms with Crippen LogP contribution in [0.15, 0.2) is 18.2 Å². The van der Waals surface area contributed by atoms with Gasteiger partial charge in [0, 0.05) is 18.2 Å². The molecule has 0 spiro atoms. The molecule has 20 heavy (non-hydrogen) atoms. The van der Waals surface area contributed by atoms with E-state index in [1.165, 1.54) is 0 Å². The summed E-state index contributed by atoms with van der Waals surface area (Å²) in [6.45, 7) is 6.01. The highest BCUT2D eigenvalue weighted by Crippen LogP contribution is 2.41. The number of methoxy groups -OCH3 is 2. The number of ether oxygens (including phenoxy) is 3. The second-order valence-electron chi connectivity index (χ2n) is 5.39. The predicted molar refractivity (Wildman–Crippen MR) is 79.5 cm³/mol. The molecule has 0 radical (unpaired) electrons. The third-order valence-corrected chi connectivity index (χ3v) is 3.99. The first-order valence-corrected chi connectivity index (χ1v) is 7.22. The molecule has 4 heteroatoms. The van der Waals surface area contributed by atoms with E-state index in [2.05, 4.69) is 19.2 Å². The van der Waals surface area contributed by atoms with Gasteiger partial charge in [-0.2, -0.15) is 0 Å². The lowest BCUT2D eigenvalue weighted by molar-refractivity contribution is -0.0822. The second kappa shape index (κ2) is 6.46. The van der Waals surface area contributed by atoms with Crippen LogP contribution in [-0.4, -0.2) is 33.4 Å². The van der Waals surface area contributed by atoms with Crippen molar-refractivity contribution in [2.75, 3.05) is 27.4 Å². The highest BCUT2D eigenvalue weighted by molar-refractivity contribution is 5.44. The summed E-state index contributed by atoms with van der Waals surface area (Å²) in [5.74, 6) is 1.68. The molecule has 4 nitrogen and oxygen atoms in total. The van der Waals surface area contributed by atoms with Gasteiger partial charge in [-0.3, -0.25) is 0 Å². The van der Waals surface area contributed by atoms with Crippen molar-refractivity contribution in [2.45, 2.75) is 38.3 Å². The van der Waals surface area contributed by atoms with Gasteiger partial charge in [0.2, 0.25) is 0 Å². The summed E-state index contributed by atoms with van der Waals surface area (Å²) in [7, 11) is 3.37. The number of hydrogen-bond donors (Lipinski definition) is 1. The van der Waals surface area contributed by atoms with Gasteiger partial charge in [0.05, 0.1) is 19.8 Å². The van der Waals surface area contributed by atoms with Crippen LogP contribution in [-0.2, 0) is 10.3 Å². The summed E-state index contributed by atoms with van der Waals surface area (Å²) in [4.78, 5) is 0. The Kier molecular flexibility index (Phi) is 4.89. The molecule has 1 aliphatic rings. The van der Waals surface area contributed by atoms with Crippen molar-refractivity contribution in [3.8, 4) is 11.5 Å². The van der Waals surface area contributed by atoms with Crippen LogP contribution in [0.5, 0.6) is 11.5 Å². The first kappa shape index (κ1) is 15.1. The van der Waals surface area contributed by atoms with Crippen molar-refractivity contribution in [2.24, 2.45) is 0 Å². The molecule has 2 unspecified atom stereocenters. The van der Waals surface area contributed by atoms with Gasteiger partial charge in [-0.1, -0.05) is 6.92 Å². The van der Waals surface area contributed by atoms with E-state index in [0.29, 0.717) is 6.04 Å². The summed E-state index contributed by atoms with van der Waals surface area (Å²) in [6, 6.07) is 6.36. The van der Waals surface area contributed by atoms with Crippen LogP contribution in [0.2, 0.25) is 0 Å². The molecular formula is C16H25NO3. The van der Waals surface area contributed by atoms with Gasteiger partial charge in [-0.25, -0.2) is 0 Å². The average molecular weight is 279 g/mol. The van der Waals surface area contributed by atoms with E-state index in [1.54, 1.807) is 14.2 Å². The fourth-order valence-corrected chi connectivity index (χ4v) is 2.94. The summed E-state index contributed by atoms with van der Waals surface area (Å²) in [5, 5.41) is 3.52. The van der Waals surface area contributed by atoms with Crippen LogP contribution < -0.4 is 14.8 Å². The fraction of sp³-hybridized carbons (Fsp3) is 0.625. The van der Waals surface area contributed by atoms with Gasteiger partial charge in [0.15, 0.2) is 0 Å². The highest BCUT2D eigenvalue weighted by Gasteiger charge is 2.37. The monoisotopic (exact) mass is 279 g/mol. The number of nitrogens with one attached hydrogen (secondary N) is 1. The lowest BCUT2D eigenvalue weighted by Crippen LogP contribution is -2.43. The van der Waals surface area contributed by atoms with E-state index in [1.807, 2.05) is 18.2 Å². The molecule has 0 bridgehead atoms. The van der Waals surface area contributed by atoms with Gasteiger partial charge in [-0.05, 0) is 44.5 Å². The Morgan fingerprint density at radius 2 is 2.15 bits per heavy atom. The molecule has 1 N–H and O–H groups in total. The van der Waals surface area contributed by atoms with Crippen molar-refractivity contribution in [3.63, 3.8) is 0 Å². The number of benzene rings is 1. The van der Waals surface area contributed by atoms with Gasteiger partial charge in [0.25, 0.3) is 0 Å². The van der Waals surface area contributed by atoms with Crippen molar-refractivity contribution in [1.82, 2.24) is 5.32 Å². The van der Waals surface area contributed by atoms with Crippen molar-refractivity contribution in [3.05, 3.63) is 23.8 Å². The lowest BCUT2D eigenvalue weighted by Gasteiger charge is -2.39. The van der Waals surface area contributed by atoms with Crippen molar-refractivity contribution in [1.29, 1.82) is 0 Å². The smallest absolute Gasteiger partial charge is 0.125 e. The van der Waals surface area contributed by atoms with Crippen LogP contribution in [0.4, 0.5) is 0 Å². The first-order chi connectivity index (χ1) is 9.62. The highest BCUT2D eigenvalue weighted by atomic mass is 16.5. The summed E-state index contributed by atoms with van der Waals surface area (Å²) in [5.41, 5.74) is 0.715. The summed E-state index contributed by atoms with van der Waals surface area (Å²) < 4.78 is 16.9. The van der Waals surface area contributed by atoms with Crippen LogP contribution >= 0.6 is 0 Å². The molecule has 2 rings (SSSR count). The Hall–Kier alpha value is -1.26.